The van der Waals surface area contributed by atoms with Gasteiger partial charge in [0.25, 0.3) is 0 Å². The minimum Gasteiger partial charge on any atom is -0.378 e. The average molecular weight is 281 g/mol. The first-order chi connectivity index (χ1) is 9.83. The van der Waals surface area contributed by atoms with Gasteiger partial charge in [-0.3, -0.25) is 16.0 Å². The van der Waals surface area contributed by atoms with E-state index in [9.17, 15) is 0 Å². The van der Waals surface area contributed by atoms with Gasteiger partial charge in [0.2, 0.25) is 0 Å². The summed E-state index contributed by atoms with van der Waals surface area (Å²) in [5.74, 6) is 6.69. The van der Waals surface area contributed by atoms with E-state index in [1.807, 2.05) is 4.68 Å². The predicted octanol–water partition coefficient (Wildman–Crippen LogP) is 1.41. The molecule has 0 amide bonds. The second kappa shape index (κ2) is 8.34. The van der Waals surface area contributed by atoms with E-state index in [0.29, 0.717) is 6.10 Å². The molecular weight excluding hydrogens is 254 g/mol. The molecule has 0 radical (unpaired) electrons. The summed E-state index contributed by atoms with van der Waals surface area (Å²) in [4.78, 5) is 4.34. The number of nitrogens with two attached hydrogens (primary N) is 1. The van der Waals surface area contributed by atoms with Gasteiger partial charge in [-0.1, -0.05) is 6.92 Å². The number of hydrazine groups is 1. The Morgan fingerprint density at radius 2 is 2.45 bits per heavy atom. The van der Waals surface area contributed by atoms with Crippen molar-refractivity contribution in [2.45, 2.75) is 70.6 Å². The fourth-order valence-corrected chi connectivity index (χ4v) is 2.73. The third-order valence-electron chi connectivity index (χ3n) is 3.91. The van der Waals surface area contributed by atoms with Crippen molar-refractivity contribution in [2.24, 2.45) is 5.84 Å². The third kappa shape index (κ3) is 4.54. The molecule has 2 atom stereocenters. The van der Waals surface area contributed by atoms with Gasteiger partial charge < -0.3 is 4.74 Å². The molecule has 2 unspecified atom stereocenters. The summed E-state index contributed by atoms with van der Waals surface area (Å²) in [6.07, 6.45) is 9.68. The highest BCUT2D eigenvalue weighted by Crippen LogP contribution is 2.18. The molecule has 2 rings (SSSR count). The molecule has 1 saturated heterocycles. The molecule has 20 heavy (non-hydrogen) atoms. The minimum absolute atomic E-state index is 0.236. The molecule has 1 aliphatic rings. The van der Waals surface area contributed by atoms with E-state index in [-0.39, 0.29) is 6.04 Å². The molecule has 3 N–H and O–H groups in total. The number of aryl methyl sites for hydroxylation is 1. The van der Waals surface area contributed by atoms with Gasteiger partial charge in [0.05, 0.1) is 6.10 Å². The lowest BCUT2D eigenvalue weighted by Crippen LogP contribution is -2.38. The van der Waals surface area contributed by atoms with Crippen LogP contribution in [0.2, 0.25) is 0 Å². The summed E-state index contributed by atoms with van der Waals surface area (Å²) in [7, 11) is 0. The first kappa shape index (κ1) is 15.4. The molecule has 1 aromatic rings. The highest BCUT2D eigenvalue weighted by Gasteiger charge is 2.18. The first-order valence-electron chi connectivity index (χ1n) is 7.78. The maximum atomic E-state index is 5.77. The van der Waals surface area contributed by atoms with Crippen LogP contribution in [-0.4, -0.2) is 33.5 Å². The lowest BCUT2D eigenvalue weighted by Gasteiger charge is -2.24. The Labute approximate surface area is 121 Å². The van der Waals surface area contributed by atoms with E-state index in [2.05, 4.69) is 22.4 Å². The Balaban J connectivity index is 1.80. The monoisotopic (exact) mass is 281 g/mol. The standard InChI is InChI=1S/C14H27N5O/c1-2-8-19-14(16-11-17-19)10-12(18-15)6-7-13-5-3-4-9-20-13/h11-13,18H,2-10,15H2,1H3. The van der Waals surface area contributed by atoms with Crippen molar-refractivity contribution in [3.05, 3.63) is 12.2 Å². The van der Waals surface area contributed by atoms with Crippen LogP contribution in [0.4, 0.5) is 0 Å². The smallest absolute Gasteiger partial charge is 0.138 e. The van der Waals surface area contributed by atoms with Crippen LogP contribution in [0.1, 0.15) is 51.3 Å². The molecule has 0 spiro atoms. The van der Waals surface area contributed by atoms with Crippen LogP contribution >= 0.6 is 0 Å². The van der Waals surface area contributed by atoms with E-state index in [1.54, 1.807) is 6.33 Å². The summed E-state index contributed by atoms with van der Waals surface area (Å²) in [5, 5.41) is 4.26. The van der Waals surface area contributed by atoms with Crippen molar-refractivity contribution in [3.63, 3.8) is 0 Å². The second-order valence-corrected chi connectivity index (χ2v) is 5.53. The van der Waals surface area contributed by atoms with Crippen molar-refractivity contribution >= 4 is 0 Å². The van der Waals surface area contributed by atoms with Crippen molar-refractivity contribution in [3.8, 4) is 0 Å². The number of rotatable bonds is 8. The molecule has 0 aliphatic carbocycles. The van der Waals surface area contributed by atoms with E-state index < -0.39 is 0 Å². The predicted molar refractivity (Wildman–Crippen MR) is 78.0 cm³/mol. The number of hydrogen-bond donors (Lipinski definition) is 2. The van der Waals surface area contributed by atoms with Gasteiger partial charge in [-0.05, 0) is 38.5 Å². The molecular formula is C14H27N5O. The number of nitrogens with one attached hydrogen (secondary N) is 1. The fourth-order valence-electron chi connectivity index (χ4n) is 2.73. The van der Waals surface area contributed by atoms with Gasteiger partial charge in [0, 0.05) is 25.6 Å². The molecule has 1 aromatic heterocycles. The van der Waals surface area contributed by atoms with Crippen LogP contribution in [0.5, 0.6) is 0 Å². The number of ether oxygens (including phenoxy) is 1. The summed E-state index contributed by atoms with van der Waals surface area (Å²) in [5.41, 5.74) is 2.91. The van der Waals surface area contributed by atoms with E-state index in [0.717, 1.165) is 44.7 Å². The third-order valence-corrected chi connectivity index (χ3v) is 3.91. The van der Waals surface area contributed by atoms with Gasteiger partial charge in [-0.15, -0.1) is 0 Å². The molecule has 6 heteroatoms. The van der Waals surface area contributed by atoms with Gasteiger partial charge in [-0.25, -0.2) is 4.98 Å². The molecule has 1 fully saturated rings. The van der Waals surface area contributed by atoms with E-state index in [1.165, 1.54) is 19.3 Å². The number of hydrogen-bond acceptors (Lipinski definition) is 5. The summed E-state index contributed by atoms with van der Waals surface area (Å²) < 4.78 is 7.74. The quantitative estimate of drug-likeness (QED) is 0.556. The summed E-state index contributed by atoms with van der Waals surface area (Å²) in [6, 6.07) is 0.236. The molecule has 2 heterocycles. The van der Waals surface area contributed by atoms with Crippen LogP contribution in [0.15, 0.2) is 6.33 Å². The molecule has 0 bridgehead atoms. The van der Waals surface area contributed by atoms with Crippen molar-refractivity contribution < 1.29 is 4.74 Å². The van der Waals surface area contributed by atoms with Crippen LogP contribution in [0.25, 0.3) is 0 Å². The zero-order valence-corrected chi connectivity index (χ0v) is 12.4. The zero-order chi connectivity index (χ0) is 14.2. The van der Waals surface area contributed by atoms with Crippen LogP contribution < -0.4 is 11.3 Å². The van der Waals surface area contributed by atoms with Crippen molar-refractivity contribution in [2.75, 3.05) is 6.61 Å². The summed E-state index contributed by atoms with van der Waals surface area (Å²) in [6.45, 7) is 3.97. The SMILES string of the molecule is CCCn1ncnc1CC(CCC1CCCCO1)NN. The lowest BCUT2D eigenvalue weighted by molar-refractivity contribution is 0.00854. The van der Waals surface area contributed by atoms with Gasteiger partial charge >= 0.3 is 0 Å². The normalized spacial score (nSPS) is 21.0. The lowest BCUT2D eigenvalue weighted by atomic mass is 10.0. The Hall–Kier alpha value is -0.980. The Bertz CT molecular complexity index is 375. The Morgan fingerprint density at radius 3 is 3.15 bits per heavy atom. The topological polar surface area (TPSA) is 78.0 Å². The number of aromatic nitrogens is 3. The van der Waals surface area contributed by atoms with Crippen molar-refractivity contribution in [1.82, 2.24) is 20.2 Å². The molecule has 6 nitrogen and oxygen atoms in total. The molecule has 0 saturated carbocycles. The Kier molecular flexibility index (Phi) is 6.42. The molecule has 1 aliphatic heterocycles. The van der Waals surface area contributed by atoms with Crippen LogP contribution in [-0.2, 0) is 17.7 Å². The summed E-state index contributed by atoms with van der Waals surface area (Å²) >= 11 is 0. The van der Waals surface area contributed by atoms with Crippen LogP contribution in [0, 0.1) is 0 Å². The number of nitrogens with zero attached hydrogens (tertiary/aromatic N) is 3. The molecule has 114 valence electrons. The zero-order valence-electron chi connectivity index (χ0n) is 12.4. The van der Waals surface area contributed by atoms with Gasteiger partial charge in [0.15, 0.2) is 0 Å². The van der Waals surface area contributed by atoms with Crippen LogP contribution in [0.3, 0.4) is 0 Å². The highest BCUT2D eigenvalue weighted by molar-refractivity contribution is 4.89. The highest BCUT2D eigenvalue weighted by atomic mass is 16.5. The Morgan fingerprint density at radius 1 is 1.55 bits per heavy atom. The first-order valence-corrected chi connectivity index (χ1v) is 7.78. The van der Waals surface area contributed by atoms with Gasteiger partial charge in [0.1, 0.15) is 12.2 Å². The largest absolute Gasteiger partial charge is 0.378 e. The molecule has 0 aromatic carbocycles. The second-order valence-electron chi connectivity index (χ2n) is 5.53. The minimum atomic E-state index is 0.236. The average Bonchev–Trinajstić information content (AvgIpc) is 2.92. The maximum absolute atomic E-state index is 5.77. The van der Waals surface area contributed by atoms with E-state index >= 15 is 0 Å². The fraction of sp³-hybridized carbons (Fsp3) is 0.857. The van der Waals surface area contributed by atoms with Crippen molar-refractivity contribution in [1.29, 1.82) is 0 Å². The van der Waals surface area contributed by atoms with Gasteiger partial charge in [-0.2, -0.15) is 5.10 Å². The van der Waals surface area contributed by atoms with E-state index in [4.69, 9.17) is 10.6 Å². The maximum Gasteiger partial charge on any atom is 0.138 e.